The van der Waals surface area contributed by atoms with Gasteiger partial charge in [0.2, 0.25) is 0 Å². The Morgan fingerprint density at radius 2 is 0.571 bits per heavy atom. The Morgan fingerprint density at radius 3 is 0.619 bits per heavy atom. The van der Waals surface area contributed by atoms with Gasteiger partial charge in [0.05, 0.1) is 0 Å². The van der Waals surface area contributed by atoms with Crippen molar-refractivity contribution in [1.82, 2.24) is 0 Å². The topological polar surface area (TPSA) is 0 Å². The van der Waals surface area contributed by atoms with Gasteiger partial charge in [-0.25, -0.2) is 0 Å². The number of hydrogen-bond acceptors (Lipinski definition) is 0. The van der Waals surface area contributed by atoms with Crippen LogP contribution in [0.25, 0.3) is 0 Å². The number of hydrogen-bond donors (Lipinski definition) is 0. The molecule has 0 heterocycles. The summed E-state index contributed by atoms with van der Waals surface area (Å²) in [6, 6.07) is 0. The normalized spacial score (nSPS) is 10.0. The summed E-state index contributed by atoms with van der Waals surface area (Å²) in [5.41, 5.74) is 14.7. The third kappa shape index (κ3) is 3.71. The summed E-state index contributed by atoms with van der Waals surface area (Å²) in [6.45, 7) is 22.0. The van der Waals surface area contributed by atoms with E-state index in [1.165, 1.54) is 55.6 Å². The molecule has 0 radical (unpaired) electrons. The van der Waals surface area contributed by atoms with Crippen LogP contribution in [0.15, 0.2) is 0 Å². The second kappa shape index (κ2) is 7.48. The van der Waals surface area contributed by atoms with Crippen LogP contribution in [-0.4, -0.2) is 0 Å². The van der Waals surface area contributed by atoms with Crippen molar-refractivity contribution in [3.05, 3.63) is 55.6 Å². The van der Waals surface area contributed by atoms with E-state index in [0.717, 1.165) is 0 Å². The maximum Gasteiger partial charge on any atom is 0 e. The van der Waals surface area contributed by atoms with Crippen molar-refractivity contribution in [2.45, 2.75) is 69.2 Å². The zero-order valence-electron chi connectivity index (χ0n) is 15.4. The molecule has 0 spiro atoms. The summed E-state index contributed by atoms with van der Waals surface area (Å²) in [7, 11) is 0. The molecule has 0 bridgehead atoms. The van der Waals surface area contributed by atoms with Crippen molar-refractivity contribution in [3.8, 4) is 0 Å². The van der Waals surface area contributed by atoms with Crippen LogP contribution in [0.1, 0.15) is 55.6 Å². The van der Waals surface area contributed by atoms with Crippen LogP contribution < -0.4 is 0 Å². The van der Waals surface area contributed by atoms with E-state index < -0.39 is 0 Å². The van der Waals surface area contributed by atoms with Crippen molar-refractivity contribution in [3.63, 3.8) is 0 Å². The van der Waals surface area contributed by atoms with Crippen LogP contribution >= 0.6 is 0 Å². The van der Waals surface area contributed by atoms with E-state index in [-0.39, 0.29) is 17.4 Å². The molecule has 0 aliphatic carbocycles. The molecule has 2 aromatic rings. The molecule has 0 N–H and O–H groups in total. The van der Waals surface area contributed by atoms with Gasteiger partial charge >= 0.3 is 0 Å². The first-order valence-electron chi connectivity index (χ1n) is 7.50. The minimum atomic E-state index is 0. The van der Waals surface area contributed by atoms with Gasteiger partial charge in [-0.15, -0.1) is 0 Å². The molecular formula is C20H30Cr-2. The molecule has 1 heteroatoms. The molecule has 2 aromatic carbocycles. The van der Waals surface area contributed by atoms with Crippen molar-refractivity contribution in [1.29, 1.82) is 0 Å². The molecular weight excluding hydrogens is 292 g/mol. The quantitative estimate of drug-likeness (QED) is 0.530. The van der Waals surface area contributed by atoms with Gasteiger partial charge in [0.15, 0.2) is 0 Å². The standard InChI is InChI=1S/2C10H15.Cr/c2*1-6-7(2)9(4)10(5)8(6)3;/h2*1-5H3;/q2*-1;. The monoisotopic (exact) mass is 322 g/mol. The Bertz CT molecular complexity index is 404. The molecule has 21 heavy (non-hydrogen) atoms. The van der Waals surface area contributed by atoms with Gasteiger partial charge in [-0.2, -0.15) is 55.6 Å². The summed E-state index contributed by atoms with van der Waals surface area (Å²) >= 11 is 0. The first kappa shape index (κ1) is 20.2. The first-order chi connectivity index (χ1) is 9.11. The smallest absolute Gasteiger partial charge is 0 e. The summed E-state index contributed by atoms with van der Waals surface area (Å²) in [4.78, 5) is 0. The SMILES string of the molecule is Cc1c(C)c(C)[c-](C)c1C.Cc1c(C)c(C)[c-](C)c1C.[Cr]. The van der Waals surface area contributed by atoms with Crippen LogP contribution in [0.2, 0.25) is 0 Å². The number of rotatable bonds is 0. The zero-order chi connectivity index (χ0) is 15.8. The van der Waals surface area contributed by atoms with E-state index in [9.17, 15) is 0 Å². The minimum absolute atomic E-state index is 0. The fourth-order valence-electron chi connectivity index (χ4n) is 2.81. The molecule has 118 valence electrons. The van der Waals surface area contributed by atoms with Gasteiger partial charge in [0.1, 0.15) is 0 Å². The van der Waals surface area contributed by atoms with Crippen molar-refractivity contribution >= 4 is 0 Å². The molecule has 0 nitrogen and oxygen atoms in total. The van der Waals surface area contributed by atoms with Crippen LogP contribution in [0, 0.1) is 69.2 Å². The maximum atomic E-state index is 2.20. The Hall–Kier alpha value is -0.768. The van der Waals surface area contributed by atoms with Crippen molar-refractivity contribution in [2.24, 2.45) is 0 Å². The summed E-state index contributed by atoms with van der Waals surface area (Å²) in [5.74, 6) is 0. The van der Waals surface area contributed by atoms with Gasteiger partial charge in [0.25, 0.3) is 0 Å². The predicted octanol–water partition coefficient (Wildman–Crippen LogP) is 5.89. The molecule has 0 atom stereocenters. The van der Waals surface area contributed by atoms with E-state index in [0.29, 0.717) is 0 Å². The predicted molar refractivity (Wildman–Crippen MR) is 91.4 cm³/mol. The summed E-state index contributed by atoms with van der Waals surface area (Å²) in [6.07, 6.45) is 0. The summed E-state index contributed by atoms with van der Waals surface area (Å²) < 4.78 is 0. The summed E-state index contributed by atoms with van der Waals surface area (Å²) in [5, 5.41) is 0. The molecule has 0 saturated carbocycles. The molecule has 0 aliphatic heterocycles. The average Bonchev–Trinajstić information content (AvgIpc) is 2.71. The van der Waals surface area contributed by atoms with Crippen molar-refractivity contribution < 1.29 is 17.4 Å². The van der Waals surface area contributed by atoms with E-state index >= 15 is 0 Å². The molecule has 0 amide bonds. The van der Waals surface area contributed by atoms with Crippen molar-refractivity contribution in [2.75, 3.05) is 0 Å². The third-order valence-electron chi connectivity index (χ3n) is 5.62. The average molecular weight is 322 g/mol. The Morgan fingerprint density at radius 1 is 0.429 bits per heavy atom. The second-order valence-electron chi connectivity index (χ2n) is 6.25. The van der Waals surface area contributed by atoms with E-state index in [2.05, 4.69) is 69.2 Å². The Labute approximate surface area is 142 Å². The Balaban J connectivity index is 0.000000364. The fourth-order valence-corrected chi connectivity index (χ4v) is 2.81. The third-order valence-corrected chi connectivity index (χ3v) is 5.62. The van der Waals surface area contributed by atoms with Crippen LogP contribution in [0.3, 0.4) is 0 Å². The molecule has 0 fully saturated rings. The maximum absolute atomic E-state index is 2.20. The van der Waals surface area contributed by atoms with Gasteiger partial charge in [-0.3, -0.25) is 0 Å². The second-order valence-corrected chi connectivity index (χ2v) is 6.25. The van der Waals surface area contributed by atoms with Gasteiger partial charge < -0.3 is 0 Å². The molecule has 0 unspecified atom stereocenters. The van der Waals surface area contributed by atoms with E-state index in [4.69, 9.17) is 0 Å². The minimum Gasteiger partial charge on any atom is -0.196 e. The molecule has 0 aromatic heterocycles. The zero-order valence-corrected chi connectivity index (χ0v) is 16.7. The first-order valence-corrected chi connectivity index (χ1v) is 7.50. The van der Waals surface area contributed by atoms with Gasteiger partial charge in [0, 0.05) is 17.4 Å². The molecule has 0 saturated heterocycles. The van der Waals surface area contributed by atoms with Crippen LogP contribution in [0.5, 0.6) is 0 Å². The van der Waals surface area contributed by atoms with Gasteiger partial charge in [-0.1, -0.05) is 69.2 Å². The fraction of sp³-hybridized carbons (Fsp3) is 0.500. The Kier molecular flexibility index (Phi) is 7.21. The van der Waals surface area contributed by atoms with Crippen LogP contribution in [0.4, 0.5) is 0 Å². The van der Waals surface area contributed by atoms with Crippen LogP contribution in [-0.2, 0) is 17.4 Å². The largest absolute Gasteiger partial charge is 0.196 e. The van der Waals surface area contributed by atoms with E-state index in [1.54, 1.807) is 0 Å². The van der Waals surface area contributed by atoms with Gasteiger partial charge in [-0.05, 0) is 0 Å². The van der Waals surface area contributed by atoms with E-state index in [1.807, 2.05) is 0 Å². The molecule has 2 rings (SSSR count). The molecule has 0 aliphatic rings.